The summed E-state index contributed by atoms with van der Waals surface area (Å²) in [5.74, 6) is 0. The minimum absolute atomic E-state index is 0.0167. The second-order valence-electron chi connectivity index (χ2n) is 3.46. The normalized spacial score (nSPS) is 18.7. The van der Waals surface area contributed by atoms with Crippen LogP contribution in [0, 0.1) is 0 Å². The van der Waals surface area contributed by atoms with Crippen LogP contribution in [0.1, 0.15) is 34.1 Å². The zero-order chi connectivity index (χ0) is 10.5. The molecule has 0 aliphatic rings. The van der Waals surface area contributed by atoms with E-state index in [1.807, 2.05) is 20.8 Å². The zero-order valence-electron chi connectivity index (χ0n) is 9.25. The molecular weight excluding hydrogens is 166 g/mol. The largest absolute Gasteiger partial charge is 0.394 e. The third kappa shape index (κ3) is 2.42. The van der Waals surface area contributed by atoms with Gasteiger partial charge in [0.2, 0.25) is 0 Å². The fraction of sp³-hybridized carbons (Fsp3) is 1.00. The average Bonchev–Trinajstić information content (AvgIpc) is 2.13. The third-order valence-electron chi connectivity index (χ3n) is 3.06. The molecule has 0 bridgehead atoms. The fourth-order valence-corrected chi connectivity index (χ4v) is 1.98. The molecule has 0 fully saturated rings. The van der Waals surface area contributed by atoms with Gasteiger partial charge in [-0.05, 0) is 26.4 Å². The quantitative estimate of drug-likeness (QED) is 0.651. The average molecular weight is 189 g/mol. The topological polar surface area (TPSA) is 43.7 Å². The van der Waals surface area contributed by atoms with Crippen LogP contribution in [0.25, 0.3) is 0 Å². The van der Waals surface area contributed by atoms with Crippen LogP contribution < -0.4 is 0 Å². The number of aliphatic hydroxyl groups excluding tert-OH is 2. The highest BCUT2D eigenvalue weighted by atomic mass is 16.3. The van der Waals surface area contributed by atoms with E-state index in [-0.39, 0.29) is 6.61 Å². The van der Waals surface area contributed by atoms with Crippen molar-refractivity contribution in [2.24, 2.45) is 0 Å². The van der Waals surface area contributed by atoms with E-state index in [1.165, 1.54) is 0 Å². The highest BCUT2D eigenvalue weighted by Gasteiger charge is 2.37. The Kier molecular flexibility index (Phi) is 5.53. The van der Waals surface area contributed by atoms with Crippen LogP contribution in [-0.2, 0) is 0 Å². The molecule has 0 rings (SSSR count). The van der Waals surface area contributed by atoms with Gasteiger partial charge in [0, 0.05) is 0 Å². The van der Waals surface area contributed by atoms with Crippen molar-refractivity contribution in [1.82, 2.24) is 4.90 Å². The van der Waals surface area contributed by atoms with Gasteiger partial charge < -0.3 is 10.2 Å². The van der Waals surface area contributed by atoms with Gasteiger partial charge in [0.25, 0.3) is 0 Å². The highest BCUT2D eigenvalue weighted by Crippen LogP contribution is 2.23. The van der Waals surface area contributed by atoms with Crippen LogP contribution in [0.4, 0.5) is 0 Å². The van der Waals surface area contributed by atoms with E-state index in [0.29, 0.717) is 0 Å². The maximum atomic E-state index is 9.69. The molecule has 0 heterocycles. The molecule has 0 saturated heterocycles. The first kappa shape index (κ1) is 12.9. The van der Waals surface area contributed by atoms with Crippen LogP contribution in [0.2, 0.25) is 0 Å². The monoisotopic (exact) mass is 189 g/mol. The summed E-state index contributed by atoms with van der Waals surface area (Å²) in [6.45, 7) is 9.58. The van der Waals surface area contributed by atoms with Gasteiger partial charge >= 0.3 is 0 Å². The van der Waals surface area contributed by atoms with Crippen LogP contribution in [-0.4, -0.2) is 46.5 Å². The summed E-state index contributed by atoms with van der Waals surface area (Å²) >= 11 is 0. The van der Waals surface area contributed by atoms with Crippen LogP contribution in [0.15, 0.2) is 0 Å². The number of likely N-dealkylation sites (N-methyl/N-ethyl adjacent to an activating group) is 1. The molecule has 3 heteroatoms. The van der Waals surface area contributed by atoms with Crippen molar-refractivity contribution in [3.8, 4) is 0 Å². The van der Waals surface area contributed by atoms with Gasteiger partial charge in [-0.25, -0.2) is 0 Å². The summed E-state index contributed by atoms with van der Waals surface area (Å²) in [5, 5.41) is 19.1. The molecule has 0 aliphatic heterocycles. The first-order valence-electron chi connectivity index (χ1n) is 5.12. The van der Waals surface area contributed by atoms with Gasteiger partial charge in [0.1, 0.15) is 0 Å². The molecule has 0 aromatic heterocycles. The Morgan fingerprint density at radius 2 is 1.69 bits per heavy atom. The van der Waals surface area contributed by atoms with E-state index >= 15 is 0 Å². The Morgan fingerprint density at radius 1 is 1.23 bits per heavy atom. The molecule has 0 aromatic carbocycles. The molecule has 0 amide bonds. The standard InChI is InChI=1S/C10H23NO2/c1-5-10(8-12,9(4)13)11(6-2)7-3/h9,12-13H,5-8H2,1-4H3. The lowest BCUT2D eigenvalue weighted by Crippen LogP contribution is -2.58. The summed E-state index contributed by atoms with van der Waals surface area (Å²) < 4.78 is 0. The molecular formula is C10H23NO2. The fourth-order valence-electron chi connectivity index (χ4n) is 1.98. The van der Waals surface area contributed by atoms with Crippen LogP contribution in [0.5, 0.6) is 0 Å². The van der Waals surface area contributed by atoms with E-state index in [4.69, 9.17) is 0 Å². The molecule has 3 nitrogen and oxygen atoms in total. The van der Waals surface area contributed by atoms with Crippen LogP contribution in [0.3, 0.4) is 0 Å². The minimum Gasteiger partial charge on any atom is -0.394 e. The molecule has 80 valence electrons. The lowest BCUT2D eigenvalue weighted by molar-refractivity contribution is -0.0553. The molecule has 13 heavy (non-hydrogen) atoms. The van der Waals surface area contributed by atoms with Crippen molar-refractivity contribution in [2.75, 3.05) is 19.7 Å². The molecule has 0 spiro atoms. The minimum atomic E-state index is -0.498. The van der Waals surface area contributed by atoms with Crippen molar-refractivity contribution in [2.45, 2.75) is 45.8 Å². The summed E-state index contributed by atoms with van der Waals surface area (Å²) in [5.41, 5.74) is -0.455. The Bertz CT molecular complexity index is 129. The maximum absolute atomic E-state index is 9.69. The van der Waals surface area contributed by atoms with Gasteiger partial charge in [-0.3, -0.25) is 4.90 Å². The first-order valence-corrected chi connectivity index (χ1v) is 5.12. The SMILES string of the molecule is CCN(CC)C(CC)(CO)C(C)O. The number of rotatable bonds is 6. The lowest BCUT2D eigenvalue weighted by Gasteiger charge is -2.43. The summed E-state index contributed by atoms with van der Waals surface area (Å²) in [6.07, 6.45) is 0.269. The van der Waals surface area contributed by atoms with Crippen molar-refractivity contribution in [1.29, 1.82) is 0 Å². The summed E-state index contributed by atoms with van der Waals surface area (Å²) in [6, 6.07) is 0. The lowest BCUT2D eigenvalue weighted by atomic mass is 9.89. The molecule has 0 aromatic rings. The second-order valence-corrected chi connectivity index (χ2v) is 3.46. The zero-order valence-corrected chi connectivity index (χ0v) is 9.25. The van der Waals surface area contributed by atoms with Crippen molar-refractivity contribution < 1.29 is 10.2 Å². The van der Waals surface area contributed by atoms with Gasteiger partial charge in [0.15, 0.2) is 0 Å². The Balaban J connectivity index is 4.71. The predicted molar refractivity (Wildman–Crippen MR) is 54.7 cm³/mol. The maximum Gasteiger partial charge on any atom is 0.0718 e. The molecule has 0 aliphatic carbocycles. The smallest absolute Gasteiger partial charge is 0.0718 e. The summed E-state index contributed by atoms with van der Waals surface area (Å²) in [7, 11) is 0. The van der Waals surface area contributed by atoms with Crippen molar-refractivity contribution >= 4 is 0 Å². The Hall–Kier alpha value is -0.120. The predicted octanol–water partition coefficient (Wildman–Crippen LogP) is 0.850. The van der Waals surface area contributed by atoms with E-state index in [0.717, 1.165) is 19.5 Å². The van der Waals surface area contributed by atoms with Gasteiger partial charge in [-0.2, -0.15) is 0 Å². The molecule has 0 radical (unpaired) electrons. The van der Waals surface area contributed by atoms with E-state index < -0.39 is 11.6 Å². The number of nitrogens with zero attached hydrogens (tertiary/aromatic N) is 1. The molecule has 0 saturated carbocycles. The Morgan fingerprint density at radius 3 is 1.77 bits per heavy atom. The van der Waals surface area contributed by atoms with E-state index in [2.05, 4.69) is 4.90 Å². The van der Waals surface area contributed by atoms with Gasteiger partial charge in [-0.1, -0.05) is 20.8 Å². The molecule has 2 N–H and O–H groups in total. The van der Waals surface area contributed by atoms with E-state index in [9.17, 15) is 10.2 Å². The number of aliphatic hydroxyl groups is 2. The molecule has 2 unspecified atom stereocenters. The third-order valence-corrected chi connectivity index (χ3v) is 3.06. The Labute approximate surface area is 81.4 Å². The molecule has 2 atom stereocenters. The van der Waals surface area contributed by atoms with Crippen molar-refractivity contribution in [3.63, 3.8) is 0 Å². The van der Waals surface area contributed by atoms with Gasteiger partial charge in [0.05, 0.1) is 18.2 Å². The number of hydrogen-bond donors (Lipinski definition) is 2. The van der Waals surface area contributed by atoms with Gasteiger partial charge in [-0.15, -0.1) is 0 Å². The number of hydrogen-bond acceptors (Lipinski definition) is 3. The van der Waals surface area contributed by atoms with Crippen molar-refractivity contribution in [3.05, 3.63) is 0 Å². The van der Waals surface area contributed by atoms with Crippen LogP contribution >= 0.6 is 0 Å². The van der Waals surface area contributed by atoms with E-state index in [1.54, 1.807) is 6.92 Å². The summed E-state index contributed by atoms with van der Waals surface area (Å²) in [4.78, 5) is 2.12. The first-order chi connectivity index (χ1) is 6.08. The highest BCUT2D eigenvalue weighted by molar-refractivity contribution is 4.93. The second kappa shape index (κ2) is 5.58.